The average molecular weight is 513 g/mol. The van der Waals surface area contributed by atoms with Crippen LogP contribution in [-0.4, -0.2) is 59.3 Å². The molecule has 0 aliphatic carbocycles. The Balaban J connectivity index is 1.66. The summed E-state index contributed by atoms with van der Waals surface area (Å²) in [5, 5.41) is 14.5. The van der Waals surface area contributed by atoms with E-state index in [2.05, 4.69) is 15.2 Å². The van der Waals surface area contributed by atoms with Crippen molar-refractivity contribution in [1.29, 1.82) is 0 Å². The van der Waals surface area contributed by atoms with E-state index in [9.17, 15) is 14.7 Å². The Morgan fingerprint density at radius 2 is 1.76 bits per heavy atom. The van der Waals surface area contributed by atoms with E-state index >= 15 is 0 Å². The van der Waals surface area contributed by atoms with Crippen molar-refractivity contribution in [2.24, 2.45) is 4.99 Å². The second-order valence-electron chi connectivity index (χ2n) is 9.04. The molecule has 4 rings (SSSR count). The molecule has 196 valence electrons. The first-order chi connectivity index (χ1) is 18.4. The van der Waals surface area contributed by atoms with Crippen molar-refractivity contribution in [3.05, 3.63) is 95.1 Å². The van der Waals surface area contributed by atoms with Gasteiger partial charge in [-0.05, 0) is 43.8 Å². The lowest BCUT2D eigenvalue weighted by molar-refractivity contribution is -0.119. The summed E-state index contributed by atoms with van der Waals surface area (Å²) in [4.78, 5) is 33.4. The Kier molecular flexibility index (Phi) is 8.55. The summed E-state index contributed by atoms with van der Waals surface area (Å²) < 4.78 is 5.11. The van der Waals surface area contributed by atoms with Crippen LogP contribution in [0, 0.1) is 0 Å². The van der Waals surface area contributed by atoms with E-state index in [1.807, 2.05) is 61.6 Å². The summed E-state index contributed by atoms with van der Waals surface area (Å²) in [5.41, 5.74) is 4.90. The number of hydrogen-bond donors (Lipinski definition) is 3. The van der Waals surface area contributed by atoms with Crippen LogP contribution in [0.5, 0.6) is 5.88 Å². The molecule has 0 aliphatic heterocycles. The SMILES string of the molecule is CCOC(=O)c1ccc2c(C(=Nc3ccc(CN(C)CCNC(C)=O)cc3)c3ccccc3)c(O)[nH]c2c1. The molecular formula is C30H32N4O4. The van der Waals surface area contributed by atoms with E-state index in [1.165, 1.54) is 6.92 Å². The molecule has 0 atom stereocenters. The predicted molar refractivity (Wildman–Crippen MR) is 149 cm³/mol. The first-order valence-corrected chi connectivity index (χ1v) is 12.5. The number of aromatic amines is 1. The molecule has 1 heterocycles. The molecule has 0 spiro atoms. The van der Waals surface area contributed by atoms with Crippen LogP contribution in [-0.2, 0) is 16.1 Å². The molecule has 1 aromatic heterocycles. The summed E-state index contributed by atoms with van der Waals surface area (Å²) in [6, 6.07) is 22.8. The first kappa shape index (κ1) is 26.6. The van der Waals surface area contributed by atoms with Crippen LogP contribution < -0.4 is 5.32 Å². The quantitative estimate of drug-likeness (QED) is 0.209. The van der Waals surface area contributed by atoms with Gasteiger partial charge in [-0.2, -0.15) is 0 Å². The van der Waals surface area contributed by atoms with Gasteiger partial charge in [-0.25, -0.2) is 9.79 Å². The lowest BCUT2D eigenvalue weighted by Crippen LogP contribution is -2.31. The van der Waals surface area contributed by atoms with E-state index in [0.717, 1.165) is 35.3 Å². The molecule has 3 N–H and O–H groups in total. The van der Waals surface area contributed by atoms with Gasteiger partial charge < -0.3 is 25.0 Å². The maximum atomic E-state index is 12.2. The van der Waals surface area contributed by atoms with Gasteiger partial charge in [0.15, 0.2) is 5.88 Å². The summed E-state index contributed by atoms with van der Waals surface area (Å²) >= 11 is 0. The number of hydrogen-bond acceptors (Lipinski definition) is 6. The van der Waals surface area contributed by atoms with Crippen molar-refractivity contribution in [3.8, 4) is 5.88 Å². The average Bonchev–Trinajstić information content (AvgIpc) is 3.23. The highest BCUT2D eigenvalue weighted by Crippen LogP contribution is 2.32. The van der Waals surface area contributed by atoms with Crippen molar-refractivity contribution < 1.29 is 19.4 Å². The number of benzene rings is 3. The number of carbonyl (C=O) groups is 2. The molecular weight excluding hydrogens is 480 g/mol. The molecule has 8 heteroatoms. The number of ether oxygens (including phenoxy) is 1. The van der Waals surface area contributed by atoms with Crippen LogP contribution in [0.3, 0.4) is 0 Å². The van der Waals surface area contributed by atoms with Crippen LogP contribution in [0.25, 0.3) is 10.9 Å². The van der Waals surface area contributed by atoms with E-state index in [4.69, 9.17) is 9.73 Å². The van der Waals surface area contributed by atoms with Crippen LogP contribution in [0.15, 0.2) is 77.8 Å². The summed E-state index contributed by atoms with van der Waals surface area (Å²) in [7, 11) is 2.01. The Morgan fingerprint density at radius 1 is 1.03 bits per heavy atom. The summed E-state index contributed by atoms with van der Waals surface area (Å²) in [6.45, 7) is 5.64. The van der Waals surface area contributed by atoms with Crippen LogP contribution in [0.2, 0.25) is 0 Å². The predicted octanol–water partition coefficient (Wildman–Crippen LogP) is 4.79. The fourth-order valence-electron chi connectivity index (χ4n) is 4.24. The number of nitrogens with zero attached hydrogens (tertiary/aromatic N) is 2. The minimum Gasteiger partial charge on any atom is -0.494 e. The van der Waals surface area contributed by atoms with Gasteiger partial charge in [0.1, 0.15) is 0 Å². The van der Waals surface area contributed by atoms with Crippen molar-refractivity contribution in [2.45, 2.75) is 20.4 Å². The number of nitrogens with one attached hydrogen (secondary N) is 2. The minimum absolute atomic E-state index is 0.0268. The van der Waals surface area contributed by atoms with Gasteiger partial charge in [-0.15, -0.1) is 0 Å². The molecule has 0 saturated carbocycles. The molecule has 0 bridgehead atoms. The normalized spacial score (nSPS) is 11.6. The van der Waals surface area contributed by atoms with Crippen molar-refractivity contribution in [2.75, 3.05) is 26.7 Å². The first-order valence-electron chi connectivity index (χ1n) is 12.5. The molecule has 0 fully saturated rings. The third-order valence-corrected chi connectivity index (χ3v) is 6.07. The number of H-pyrrole nitrogens is 1. The van der Waals surface area contributed by atoms with Crippen LogP contribution >= 0.6 is 0 Å². The zero-order valence-electron chi connectivity index (χ0n) is 21.8. The molecule has 4 aromatic rings. The maximum absolute atomic E-state index is 12.2. The van der Waals surface area contributed by atoms with E-state index in [1.54, 1.807) is 25.1 Å². The van der Waals surface area contributed by atoms with Crippen molar-refractivity contribution >= 4 is 34.2 Å². The fraction of sp³-hybridized carbons (Fsp3) is 0.233. The highest BCUT2D eigenvalue weighted by atomic mass is 16.5. The summed E-state index contributed by atoms with van der Waals surface area (Å²) in [5.74, 6) is -0.473. The number of likely N-dealkylation sites (N-methyl/N-ethyl adjacent to an activating group) is 1. The van der Waals surface area contributed by atoms with Crippen LogP contribution in [0.4, 0.5) is 5.69 Å². The van der Waals surface area contributed by atoms with E-state index in [0.29, 0.717) is 28.9 Å². The van der Waals surface area contributed by atoms with E-state index < -0.39 is 5.97 Å². The fourth-order valence-corrected chi connectivity index (χ4v) is 4.24. The van der Waals surface area contributed by atoms with Crippen molar-refractivity contribution in [3.63, 3.8) is 0 Å². The lowest BCUT2D eigenvalue weighted by Gasteiger charge is -2.16. The van der Waals surface area contributed by atoms with Gasteiger partial charge >= 0.3 is 5.97 Å². The smallest absolute Gasteiger partial charge is 0.338 e. The number of amides is 1. The lowest BCUT2D eigenvalue weighted by atomic mass is 10.00. The van der Waals surface area contributed by atoms with Crippen LogP contribution in [0.1, 0.15) is 40.9 Å². The third kappa shape index (κ3) is 6.46. The largest absolute Gasteiger partial charge is 0.494 e. The van der Waals surface area contributed by atoms with Gasteiger partial charge in [0.25, 0.3) is 0 Å². The Hall–Kier alpha value is -4.43. The van der Waals surface area contributed by atoms with Gasteiger partial charge in [-0.3, -0.25) is 4.79 Å². The highest BCUT2D eigenvalue weighted by molar-refractivity contribution is 6.22. The number of aromatic nitrogens is 1. The Morgan fingerprint density at radius 3 is 2.45 bits per heavy atom. The zero-order valence-corrected chi connectivity index (χ0v) is 21.8. The number of aliphatic imine (C=N–C) groups is 1. The molecule has 0 unspecified atom stereocenters. The van der Waals surface area contributed by atoms with Gasteiger partial charge in [0.05, 0.1) is 29.1 Å². The van der Waals surface area contributed by atoms with Crippen molar-refractivity contribution in [1.82, 2.24) is 15.2 Å². The molecule has 3 aromatic carbocycles. The second-order valence-corrected chi connectivity index (χ2v) is 9.04. The van der Waals surface area contributed by atoms with E-state index in [-0.39, 0.29) is 18.4 Å². The van der Waals surface area contributed by atoms with Gasteiger partial charge in [-0.1, -0.05) is 48.5 Å². The summed E-state index contributed by atoms with van der Waals surface area (Å²) in [6.07, 6.45) is 0. The highest BCUT2D eigenvalue weighted by Gasteiger charge is 2.20. The molecule has 0 saturated heterocycles. The molecule has 0 aliphatic rings. The van der Waals surface area contributed by atoms with Gasteiger partial charge in [0.2, 0.25) is 5.91 Å². The topological polar surface area (TPSA) is 107 Å². The second kappa shape index (κ2) is 12.2. The van der Waals surface area contributed by atoms with Gasteiger partial charge in [0, 0.05) is 43.0 Å². The number of rotatable bonds is 10. The number of fused-ring (bicyclic) bond motifs is 1. The number of carbonyl (C=O) groups excluding carboxylic acids is 2. The molecule has 0 radical (unpaired) electrons. The zero-order chi connectivity index (χ0) is 27.1. The molecule has 38 heavy (non-hydrogen) atoms. The Bertz CT molecular complexity index is 1440. The molecule has 1 amide bonds. The monoisotopic (exact) mass is 512 g/mol. The molecule has 8 nitrogen and oxygen atoms in total. The number of esters is 1. The minimum atomic E-state index is -0.414. The third-order valence-electron chi connectivity index (χ3n) is 6.07. The standard InChI is InChI=1S/C30H32N4O4/c1-4-38-30(37)23-12-15-25-26(18-23)33-29(36)27(25)28(22-8-6-5-7-9-22)32-24-13-10-21(11-14-24)19-34(3)17-16-31-20(2)35/h5-15,18,33,36H,4,16-17,19H2,1-3H3,(H,31,35). The maximum Gasteiger partial charge on any atom is 0.338 e. The number of aromatic hydroxyl groups is 1. The Labute approximate surface area is 222 Å².